The predicted molar refractivity (Wildman–Crippen MR) is 108 cm³/mol. The first-order valence-corrected chi connectivity index (χ1v) is 12.0. The highest BCUT2D eigenvalue weighted by atomic mass is 32.2. The van der Waals surface area contributed by atoms with Gasteiger partial charge in [-0.1, -0.05) is 19.3 Å². The molecule has 0 radical (unpaired) electrons. The van der Waals surface area contributed by atoms with Gasteiger partial charge in [-0.15, -0.1) is 0 Å². The Morgan fingerprint density at radius 1 is 1.07 bits per heavy atom. The fourth-order valence-electron chi connectivity index (χ4n) is 3.98. The van der Waals surface area contributed by atoms with Gasteiger partial charge in [-0.25, -0.2) is 12.8 Å². The van der Waals surface area contributed by atoms with E-state index in [1.54, 1.807) is 6.92 Å². The molecule has 0 unspecified atom stereocenters. The third kappa shape index (κ3) is 5.57. The Kier molecular flexibility index (Phi) is 7.46. The van der Waals surface area contributed by atoms with Gasteiger partial charge in [-0.3, -0.25) is 9.59 Å². The number of ether oxygens (including phenoxy) is 1. The maximum absolute atomic E-state index is 13.1. The Morgan fingerprint density at radius 2 is 1.67 bits per heavy atom. The monoisotopic (exact) mass is 440 g/mol. The molecular weight excluding hydrogens is 411 g/mol. The van der Waals surface area contributed by atoms with Crippen molar-refractivity contribution in [3.63, 3.8) is 0 Å². The lowest BCUT2D eigenvalue weighted by Crippen LogP contribution is -2.44. The zero-order valence-electron chi connectivity index (χ0n) is 17.2. The van der Waals surface area contributed by atoms with Crippen molar-refractivity contribution < 1.29 is 27.1 Å². The van der Waals surface area contributed by atoms with Gasteiger partial charge in [0.2, 0.25) is 10.0 Å². The number of rotatable bonds is 6. The van der Waals surface area contributed by atoms with Crippen molar-refractivity contribution in [1.29, 1.82) is 0 Å². The van der Waals surface area contributed by atoms with E-state index in [0.717, 1.165) is 37.8 Å². The molecule has 1 aliphatic carbocycles. The predicted octanol–water partition coefficient (Wildman–Crippen LogP) is 2.61. The molecule has 30 heavy (non-hydrogen) atoms. The molecule has 3 rings (SSSR count). The van der Waals surface area contributed by atoms with Crippen molar-refractivity contribution in [2.75, 3.05) is 13.1 Å². The van der Waals surface area contributed by atoms with Crippen LogP contribution in [0.4, 0.5) is 4.39 Å². The molecule has 0 aromatic heterocycles. The molecule has 1 aromatic carbocycles. The van der Waals surface area contributed by atoms with Gasteiger partial charge in [-0.2, -0.15) is 4.31 Å². The summed E-state index contributed by atoms with van der Waals surface area (Å²) in [6, 6.07) is 4.83. The van der Waals surface area contributed by atoms with Gasteiger partial charge in [0.25, 0.3) is 5.91 Å². The summed E-state index contributed by atoms with van der Waals surface area (Å²) in [5, 5.41) is 2.95. The maximum Gasteiger partial charge on any atom is 0.309 e. The molecule has 1 aliphatic heterocycles. The number of esters is 1. The Bertz CT molecular complexity index is 845. The Balaban J connectivity index is 1.48. The number of nitrogens with zero attached hydrogens (tertiary/aromatic N) is 1. The number of halogens is 1. The molecule has 2 fully saturated rings. The number of sulfonamides is 1. The number of nitrogens with one attached hydrogen (secondary N) is 1. The summed E-state index contributed by atoms with van der Waals surface area (Å²) >= 11 is 0. The van der Waals surface area contributed by atoms with Crippen LogP contribution < -0.4 is 5.32 Å². The molecular formula is C21H29FN2O5S. The van der Waals surface area contributed by atoms with Gasteiger partial charge in [0.15, 0.2) is 6.10 Å². The van der Waals surface area contributed by atoms with Gasteiger partial charge in [0, 0.05) is 19.1 Å². The zero-order chi connectivity index (χ0) is 21.7. The minimum absolute atomic E-state index is 0.0259. The van der Waals surface area contributed by atoms with Gasteiger partial charge in [0.05, 0.1) is 10.8 Å². The number of hydrogen-bond acceptors (Lipinski definition) is 5. The molecule has 1 amide bonds. The number of carbonyl (C=O) groups excluding carboxylic acids is 2. The topological polar surface area (TPSA) is 92.8 Å². The second-order valence-corrected chi connectivity index (χ2v) is 9.99. The first kappa shape index (κ1) is 22.7. The summed E-state index contributed by atoms with van der Waals surface area (Å²) in [6.45, 7) is 1.90. The van der Waals surface area contributed by atoms with E-state index < -0.39 is 33.8 Å². The summed E-state index contributed by atoms with van der Waals surface area (Å²) in [5.74, 6) is -1.71. The van der Waals surface area contributed by atoms with Crippen LogP contribution in [0.2, 0.25) is 0 Å². The van der Waals surface area contributed by atoms with E-state index in [-0.39, 0.29) is 29.9 Å². The van der Waals surface area contributed by atoms with E-state index in [4.69, 9.17) is 4.74 Å². The van der Waals surface area contributed by atoms with Gasteiger partial charge in [-0.05, 0) is 56.9 Å². The molecule has 1 N–H and O–H groups in total. The highest BCUT2D eigenvalue weighted by Crippen LogP contribution is 2.25. The molecule has 0 bridgehead atoms. The van der Waals surface area contributed by atoms with Crippen molar-refractivity contribution in [1.82, 2.24) is 9.62 Å². The highest BCUT2D eigenvalue weighted by Gasteiger charge is 2.34. The Morgan fingerprint density at radius 3 is 2.27 bits per heavy atom. The number of hydrogen-bond donors (Lipinski definition) is 1. The molecule has 166 valence electrons. The number of carbonyl (C=O) groups is 2. The van der Waals surface area contributed by atoms with Crippen LogP contribution in [0.15, 0.2) is 29.2 Å². The summed E-state index contributed by atoms with van der Waals surface area (Å²) in [6.07, 6.45) is 5.04. The van der Waals surface area contributed by atoms with Crippen molar-refractivity contribution in [3.05, 3.63) is 30.1 Å². The summed E-state index contributed by atoms with van der Waals surface area (Å²) < 4.78 is 45.0. The van der Waals surface area contributed by atoms with Crippen molar-refractivity contribution in [3.8, 4) is 0 Å². The van der Waals surface area contributed by atoms with Crippen molar-refractivity contribution >= 4 is 21.9 Å². The molecule has 9 heteroatoms. The largest absolute Gasteiger partial charge is 0.452 e. The first-order chi connectivity index (χ1) is 14.3. The number of piperidine rings is 1. The summed E-state index contributed by atoms with van der Waals surface area (Å²) in [5.41, 5.74) is 0. The van der Waals surface area contributed by atoms with Gasteiger partial charge in [0.1, 0.15) is 5.82 Å². The van der Waals surface area contributed by atoms with Gasteiger partial charge >= 0.3 is 5.97 Å². The lowest BCUT2D eigenvalue weighted by molar-refractivity contribution is -0.160. The lowest BCUT2D eigenvalue weighted by Gasteiger charge is -2.30. The average Bonchev–Trinajstić information content (AvgIpc) is 2.74. The van der Waals surface area contributed by atoms with E-state index >= 15 is 0 Å². The van der Waals surface area contributed by atoms with E-state index in [0.29, 0.717) is 12.8 Å². The fourth-order valence-corrected chi connectivity index (χ4v) is 5.45. The third-order valence-corrected chi connectivity index (χ3v) is 7.77. The first-order valence-electron chi connectivity index (χ1n) is 10.5. The van der Waals surface area contributed by atoms with E-state index in [2.05, 4.69) is 5.32 Å². The quantitative estimate of drug-likeness (QED) is 0.687. The van der Waals surface area contributed by atoms with E-state index in [9.17, 15) is 22.4 Å². The molecule has 1 saturated heterocycles. The summed E-state index contributed by atoms with van der Waals surface area (Å²) in [7, 11) is -3.73. The zero-order valence-corrected chi connectivity index (χ0v) is 18.0. The van der Waals surface area contributed by atoms with Crippen LogP contribution >= 0.6 is 0 Å². The molecule has 1 heterocycles. The lowest BCUT2D eigenvalue weighted by atomic mass is 9.95. The molecule has 7 nitrogen and oxygen atoms in total. The number of benzene rings is 1. The van der Waals surface area contributed by atoms with Crippen LogP contribution in [-0.4, -0.2) is 49.8 Å². The minimum Gasteiger partial charge on any atom is -0.452 e. The maximum atomic E-state index is 13.1. The molecule has 0 spiro atoms. The van der Waals surface area contributed by atoms with Crippen LogP contribution in [0, 0.1) is 11.7 Å². The van der Waals surface area contributed by atoms with Crippen LogP contribution in [0.3, 0.4) is 0 Å². The smallest absolute Gasteiger partial charge is 0.309 e. The Hall–Kier alpha value is -2.00. The standard InChI is InChI=1S/C21H29FN2O5S/c1-15(20(25)23-18-5-3-2-4-6-18)29-21(26)16-11-13-24(14-12-16)30(27,28)19-9-7-17(22)8-10-19/h7-10,15-16,18H,2-6,11-14H2,1H3,(H,23,25)/t15-/m0/s1. The number of amides is 1. The van der Waals surface area contributed by atoms with Crippen LogP contribution in [0.5, 0.6) is 0 Å². The average molecular weight is 441 g/mol. The SMILES string of the molecule is C[C@H](OC(=O)C1CCN(S(=O)(=O)c2ccc(F)cc2)CC1)C(=O)NC1CCCCC1. The minimum atomic E-state index is -3.73. The van der Waals surface area contributed by atoms with Gasteiger partial charge < -0.3 is 10.1 Å². The molecule has 2 aliphatic rings. The normalized spacial score (nSPS) is 20.5. The van der Waals surface area contributed by atoms with Crippen LogP contribution in [-0.2, 0) is 24.3 Å². The van der Waals surface area contributed by atoms with Crippen molar-refractivity contribution in [2.24, 2.45) is 5.92 Å². The van der Waals surface area contributed by atoms with Crippen molar-refractivity contribution in [2.45, 2.75) is 68.9 Å². The second kappa shape index (κ2) is 9.87. The third-order valence-electron chi connectivity index (χ3n) is 5.85. The highest BCUT2D eigenvalue weighted by molar-refractivity contribution is 7.89. The van der Waals surface area contributed by atoms with E-state index in [1.165, 1.54) is 22.9 Å². The van der Waals surface area contributed by atoms with Crippen LogP contribution in [0.1, 0.15) is 51.9 Å². The molecule has 1 aromatic rings. The van der Waals surface area contributed by atoms with E-state index in [1.807, 2.05) is 0 Å². The van der Waals surface area contributed by atoms with Crippen LogP contribution in [0.25, 0.3) is 0 Å². The molecule has 1 atom stereocenters. The molecule has 1 saturated carbocycles. The Labute approximate surface area is 177 Å². The summed E-state index contributed by atoms with van der Waals surface area (Å²) in [4.78, 5) is 24.8. The second-order valence-electron chi connectivity index (χ2n) is 8.05. The fraction of sp³-hybridized carbons (Fsp3) is 0.619.